The van der Waals surface area contributed by atoms with Crippen molar-refractivity contribution in [3.8, 4) is 11.1 Å². The van der Waals surface area contributed by atoms with Crippen molar-refractivity contribution in [2.45, 2.75) is 19.8 Å². The first-order valence-electron chi connectivity index (χ1n) is 12.2. The van der Waals surface area contributed by atoms with Crippen LogP contribution < -0.4 is 10.3 Å². The highest BCUT2D eigenvalue weighted by atomic mass is 35.5. The highest BCUT2D eigenvalue weighted by Crippen LogP contribution is 2.32. The van der Waals surface area contributed by atoms with Crippen LogP contribution in [0.3, 0.4) is 0 Å². The fraction of sp³-hybridized carbons (Fsp3) is 0.0938. The van der Waals surface area contributed by atoms with Crippen molar-refractivity contribution in [1.82, 2.24) is 0 Å². The fourth-order valence-electron chi connectivity index (χ4n) is 4.38. The van der Waals surface area contributed by atoms with Crippen LogP contribution in [-0.2, 0) is 0 Å². The van der Waals surface area contributed by atoms with Gasteiger partial charge < -0.3 is 4.42 Å². The van der Waals surface area contributed by atoms with Crippen LogP contribution in [0.1, 0.15) is 46.2 Å². The summed E-state index contributed by atoms with van der Waals surface area (Å²) in [5.74, 6) is -0.558. The first-order valence-corrected chi connectivity index (χ1v) is 12.6. The van der Waals surface area contributed by atoms with Crippen LogP contribution in [0.25, 0.3) is 22.1 Å². The van der Waals surface area contributed by atoms with Gasteiger partial charge in [-0.3, -0.25) is 14.4 Å². The van der Waals surface area contributed by atoms with E-state index in [4.69, 9.17) is 16.0 Å². The van der Waals surface area contributed by atoms with Crippen molar-refractivity contribution in [1.29, 1.82) is 0 Å². The van der Waals surface area contributed by atoms with Gasteiger partial charge in [0.2, 0.25) is 5.43 Å². The maximum atomic E-state index is 13.7. The molecule has 0 aliphatic rings. The molecule has 0 spiro atoms. The minimum Gasteiger partial charge on any atom is -0.460 e. The van der Waals surface area contributed by atoms with Crippen LogP contribution in [0.2, 0.25) is 5.02 Å². The number of fused-ring (bicyclic) bond motifs is 1. The van der Waals surface area contributed by atoms with Gasteiger partial charge in [0, 0.05) is 28.1 Å². The summed E-state index contributed by atoms with van der Waals surface area (Å²) in [6.45, 7) is 3.88. The first kappa shape index (κ1) is 25.2. The Hall–Kier alpha value is -4.48. The summed E-state index contributed by atoms with van der Waals surface area (Å²) in [6.07, 6.45) is 0. The second-order valence-electron chi connectivity index (χ2n) is 9.19. The van der Waals surface area contributed by atoms with Gasteiger partial charge in [-0.15, -0.1) is 0 Å². The molecule has 188 valence electrons. The molecule has 1 aromatic heterocycles. The first-order chi connectivity index (χ1) is 18.3. The fourth-order valence-corrected chi connectivity index (χ4v) is 4.51. The summed E-state index contributed by atoms with van der Waals surface area (Å²) < 4.78 is 6.30. The molecule has 0 atom stereocenters. The minimum absolute atomic E-state index is 0.102. The average molecular weight is 522 g/mol. The third-order valence-corrected chi connectivity index (χ3v) is 6.52. The molecule has 1 heterocycles. The summed E-state index contributed by atoms with van der Waals surface area (Å²) in [5, 5.41) is 0.920. The van der Waals surface area contributed by atoms with Crippen molar-refractivity contribution in [3.63, 3.8) is 0 Å². The Morgan fingerprint density at radius 2 is 1.32 bits per heavy atom. The van der Waals surface area contributed by atoms with Crippen molar-refractivity contribution in [2.24, 2.45) is 0 Å². The standard InChI is InChI=1S/C32H24ClNO4/c1-20(2)30-28(21-13-15-24(33)16-14-21)29(35)26-18-17-25(19-27(26)38-30)34(31(36)22-9-5-3-6-10-22)32(37)23-11-7-4-8-12-23/h3-20H,1-2H3. The molecule has 0 aliphatic heterocycles. The van der Waals surface area contributed by atoms with Crippen LogP contribution in [0.15, 0.2) is 112 Å². The largest absolute Gasteiger partial charge is 0.460 e. The van der Waals surface area contributed by atoms with E-state index in [1.165, 1.54) is 0 Å². The molecule has 5 aromatic rings. The number of carbonyl (C=O) groups excluding carboxylic acids is 2. The molecule has 0 saturated carbocycles. The molecule has 5 nitrogen and oxygen atoms in total. The summed E-state index contributed by atoms with van der Waals surface area (Å²) in [6, 6.07) is 29.0. The molecule has 2 amide bonds. The summed E-state index contributed by atoms with van der Waals surface area (Å²) in [4.78, 5) is 42.0. The van der Waals surface area contributed by atoms with Gasteiger partial charge in [0.05, 0.1) is 16.6 Å². The highest BCUT2D eigenvalue weighted by molar-refractivity contribution is 6.30. The average Bonchev–Trinajstić information content (AvgIpc) is 2.94. The van der Waals surface area contributed by atoms with E-state index >= 15 is 0 Å². The number of imide groups is 1. The van der Waals surface area contributed by atoms with Crippen LogP contribution >= 0.6 is 11.6 Å². The molecule has 0 bridgehead atoms. The molecule has 0 radical (unpaired) electrons. The molecule has 0 fully saturated rings. The number of nitrogens with zero attached hydrogens (tertiary/aromatic N) is 1. The number of carbonyl (C=O) groups is 2. The zero-order valence-corrected chi connectivity index (χ0v) is 21.6. The van der Waals surface area contributed by atoms with Gasteiger partial charge in [0.1, 0.15) is 11.3 Å². The Balaban J connectivity index is 1.69. The molecule has 0 aliphatic carbocycles. The Morgan fingerprint density at radius 1 is 0.763 bits per heavy atom. The van der Waals surface area contributed by atoms with Gasteiger partial charge in [0.15, 0.2) is 0 Å². The van der Waals surface area contributed by atoms with Crippen LogP contribution in [0, 0.1) is 0 Å². The molecular weight excluding hydrogens is 498 g/mol. The van der Waals surface area contributed by atoms with Gasteiger partial charge in [-0.2, -0.15) is 0 Å². The molecule has 0 N–H and O–H groups in total. The van der Waals surface area contributed by atoms with E-state index in [1.54, 1.807) is 103 Å². The van der Waals surface area contributed by atoms with Crippen LogP contribution in [0.4, 0.5) is 5.69 Å². The van der Waals surface area contributed by atoms with E-state index in [9.17, 15) is 14.4 Å². The Labute approximate surface area is 224 Å². The molecule has 0 saturated heterocycles. The van der Waals surface area contributed by atoms with E-state index in [0.717, 1.165) is 4.90 Å². The van der Waals surface area contributed by atoms with E-state index < -0.39 is 11.8 Å². The topological polar surface area (TPSA) is 67.6 Å². The number of hydrogen-bond acceptors (Lipinski definition) is 4. The number of rotatable bonds is 5. The number of anilines is 1. The monoisotopic (exact) mass is 521 g/mol. The number of benzene rings is 4. The maximum Gasteiger partial charge on any atom is 0.265 e. The van der Waals surface area contributed by atoms with Gasteiger partial charge >= 0.3 is 0 Å². The summed E-state index contributed by atoms with van der Waals surface area (Å²) >= 11 is 6.06. The zero-order chi connectivity index (χ0) is 26.8. The number of amides is 2. The lowest BCUT2D eigenvalue weighted by Gasteiger charge is -2.22. The molecular formula is C32H24ClNO4. The van der Waals surface area contributed by atoms with Crippen molar-refractivity contribution < 1.29 is 14.0 Å². The second-order valence-corrected chi connectivity index (χ2v) is 9.63. The molecule has 5 rings (SSSR count). The van der Waals surface area contributed by atoms with Gasteiger partial charge in [-0.25, -0.2) is 4.90 Å². The lowest BCUT2D eigenvalue weighted by atomic mass is 9.97. The zero-order valence-electron chi connectivity index (χ0n) is 20.9. The molecule has 4 aromatic carbocycles. The molecule has 0 unspecified atom stereocenters. The van der Waals surface area contributed by atoms with E-state index in [1.807, 2.05) is 13.8 Å². The SMILES string of the molecule is CC(C)c1oc2cc(N(C(=O)c3ccccc3)C(=O)c3ccccc3)ccc2c(=O)c1-c1ccc(Cl)cc1. The van der Waals surface area contributed by atoms with Crippen LogP contribution in [0.5, 0.6) is 0 Å². The molecule has 38 heavy (non-hydrogen) atoms. The maximum absolute atomic E-state index is 13.7. The Morgan fingerprint density at radius 3 is 1.84 bits per heavy atom. The van der Waals surface area contributed by atoms with Gasteiger partial charge in [0.25, 0.3) is 11.8 Å². The quantitative estimate of drug-likeness (QED) is 0.222. The number of halogens is 1. The Kier molecular flexibility index (Phi) is 6.95. The summed E-state index contributed by atoms with van der Waals surface area (Å²) in [7, 11) is 0. The van der Waals surface area contributed by atoms with E-state index in [0.29, 0.717) is 49.7 Å². The predicted molar refractivity (Wildman–Crippen MR) is 151 cm³/mol. The van der Waals surface area contributed by atoms with Crippen molar-refractivity contribution >= 4 is 40.1 Å². The minimum atomic E-state index is -0.483. The Bertz CT molecular complexity index is 1640. The van der Waals surface area contributed by atoms with Gasteiger partial charge in [-0.05, 0) is 54.1 Å². The summed E-state index contributed by atoms with van der Waals surface area (Å²) in [5.41, 5.74) is 2.29. The smallest absolute Gasteiger partial charge is 0.265 e. The predicted octanol–water partition coefficient (Wildman–Crippen LogP) is 7.72. The highest BCUT2D eigenvalue weighted by Gasteiger charge is 2.27. The lowest BCUT2D eigenvalue weighted by molar-refractivity contribution is 0.0897. The van der Waals surface area contributed by atoms with Gasteiger partial charge in [-0.1, -0.05) is 74.0 Å². The lowest BCUT2D eigenvalue weighted by Crippen LogP contribution is -2.37. The van der Waals surface area contributed by atoms with Crippen molar-refractivity contribution in [2.75, 3.05) is 4.90 Å². The molecule has 6 heteroatoms. The second kappa shape index (κ2) is 10.5. The van der Waals surface area contributed by atoms with E-state index in [2.05, 4.69) is 0 Å². The normalized spacial score (nSPS) is 11.1. The third-order valence-electron chi connectivity index (χ3n) is 6.27. The van der Waals surface area contributed by atoms with Crippen molar-refractivity contribution in [3.05, 3.63) is 135 Å². The van der Waals surface area contributed by atoms with E-state index in [-0.39, 0.29) is 11.3 Å². The number of hydrogen-bond donors (Lipinski definition) is 0. The van der Waals surface area contributed by atoms with Crippen LogP contribution in [-0.4, -0.2) is 11.8 Å². The third kappa shape index (κ3) is 4.76.